The second-order valence-electron chi connectivity index (χ2n) is 7.41. The van der Waals surface area contributed by atoms with Crippen LogP contribution in [0.15, 0.2) is 30.5 Å². The molecule has 1 aliphatic heterocycles. The van der Waals surface area contributed by atoms with E-state index < -0.39 is 17.0 Å². The van der Waals surface area contributed by atoms with Crippen LogP contribution in [-0.4, -0.2) is 29.4 Å². The Morgan fingerprint density at radius 2 is 2.07 bits per heavy atom. The number of hydrogen-bond donors (Lipinski definition) is 2. The van der Waals surface area contributed by atoms with Crippen molar-refractivity contribution in [2.45, 2.75) is 44.1 Å². The van der Waals surface area contributed by atoms with Crippen molar-refractivity contribution in [3.63, 3.8) is 0 Å². The smallest absolute Gasteiger partial charge is 0.251 e. The summed E-state index contributed by atoms with van der Waals surface area (Å²) < 4.78 is 32.4. The number of amides is 2. The highest BCUT2D eigenvalue weighted by Crippen LogP contribution is 2.48. The van der Waals surface area contributed by atoms with E-state index in [4.69, 9.17) is 4.74 Å². The zero-order chi connectivity index (χ0) is 20.6. The first-order valence-electron chi connectivity index (χ1n) is 9.65. The van der Waals surface area contributed by atoms with Crippen molar-refractivity contribution in [2.24, 2.45) is 0 Å². The highest BCUT2D eigenvalue weighted by atomic mass is 19.1. The molecule has 2 amide bonds. The summed E-state index contributed by atoms with van der Waals surface area (Å²) in [5.74, 6) is -2.12. The van der Waals surface area contributed by atoms with Gasteiger partial charge in [-0.3, -0.25) is 9.59 Å². The number of anilines is 1. The molecule has 2 aromatic rings. The van der Waals surface area contributed by atoms with E-state index in [2.05, 4.69) is 15.6 Å². The normalized spacial score (nSPS) is 22.9. The van der Waals surface area contributed by atoms with Gasteiger partial charge in [0.25, 0.3) is 11.8 Å². The first kappa shape index (κ1) is 19.3. The lowest BCUT2D eigenvalue weighted by Crippen LogP contribution is -2.41. The fourth-order valence-electron chi connectivity index (χ4n) is 4.16. The third-order valence-electron chi connectivity index (χ3n) is 5.66. The Hall–Kier alpha value is -3.03. The summed E-state index contributed by atoms with van der Waals surface area (Å²) >= 11 is 0. The van der Waals surface area contributed by atoms with Gasteiger partial charge in [0, 0.05) is 23.9 Å². The third kappa shape index (κ3) is 3.43. The maximum Gasteiger partial charge on any atom is 0.251 e. The maximum absolute atomic E-state index is 13.8. The molecule has 0 unspecified atom stereocenters. The van der Waals surface area contributed by atoms with Gasteiger partial charge in [-0.2, -0.15) is 0 Å². The molecule has 1 saturated carbocycles. The summed E-state index contributed by atoms with van der Waals surface area (Å²) in [7, 11) is 0. The van der Waals surface area contributed by atoms with Crippen LogP contribution in [0.4, 0.5) is 14.5 Å². The fraction of sp³-hybridized carbons (Fsp3) is 0.381. The number of carbonyl (C=O) groups excluding carboxylic acids is 2. The molecule has 6 nitrogen and oxygen atoms in total. The lowest BCUT2D eigenvalue weighted by atomic mass is 9.69. The molecule has 152 valence electrons. The van der Waals surface area contributed by atoms with Gasteiger partial charge >= 0.3 is 0 Å². The van der Waals surface area contributed by atoms with Crippen LogP contribution in [0.3, 0.4) is 0 Å². The molecule has 29 heavy (non-hydrogen) atoms. The van der Waals surface area contributed by atoms with E-state index in [1.807, 2.05) is 6.92 Å². The number of aromatic nitrogens is 1. The fourth-order valence-corrected chi connectivity index (χ4v) is 4.16. The summed E-state index contributed by atoms with van der Waals surface area (Å²) in [6, 6.07) is 5.96. The van der Waals surface area contributed by atoms with E-state index in [0.29, 0.717) is 43.5 Å². The Balaban J connectivity index is 1.53. The lowest BCUT2D eigenvalue weighted by Gasteiger charge is -2.35. The highest BCUT2D eigenvalue weighted by Gasteiger charge is 2.49. The van der Waals surface area contributed by atoms with Gasteiger partial charge in [0.1, 0.15) is 11.9 Å². The Kier molecular flexibility index (Phi) is 4.94. The van der Waals surface area contributed by atoms with E-state index in [1.165, 1.54) is 0 Å². The molecule has 0 saturated heterocycles. The largest absolute Gasteiger partial charge is 0.472 e. The second-order valence-corrected chi connectivity index (χ2v) is 7.41. The van der Waals surface area contributed by atoms with Crippen LogP contribution in [0.2, 0.25) is 0 Å². The molecule has 1 aromatic heterocycles. The minimum absolute atomic E-state index is 0.0925. The van der Waals surface area contributed by atoms with Gasteiger partial charge in [-0.15, -0.1) is 0 Å². The van der Waals surface area contributed by atoms with Crippen LogP contribution in [0.1, 0.15) is 48.5 Å². The van der Waals surface area contributed by atoms with E-state index in [0.717, 1.165) is 17.8 Å². The molecule has 1 aromatic carbocycles. The summed E-state index contributed by atoms with van der Waals surface area (Å²) in [6.07, 6.45) is 2.60. The van der Waals surface area contributed by atoms with Crippen molar-refractivity contribution < 1.29 is 23.1 Å². The van der Waals surface area contributed by atoms with E-state index >= 15 is 0 Å². The summed E-state index contributed by atoms with van der Waals surface area (Å²) in [5, 5.41) is 5.68. The predicted molar refractivity (Wildman–Crippen MR) is 102 cm³/mol. The van der Waals surface area contributed by atoms with Gasteiger partial charge in [0.05, 0.1) is 11.6 Å². The first-order chi connectivity index (χ1) is 13.9. The molecule has 2 aliphatic rings. The Morgan fingerprint density at radius 3 is 2.76 bits per heavy atom. The number of fused-ring (bicyclic) bond motifs is 2. The predicted octanol–water partition coefficient (Wildman–Crippen LogP) is 3.32. The van der Waals surface area contributed by atoms with Crippen LogP contribution in [0.25, 0.3) is 0 Å². The zero-order valence-corrected chi connectivity index (χ0v) is 15.9. The molecule has 2 heterocycles. The van der Waals surface area contributed by atoms with E-state index in [-0.39, 0.29) is 23.8 Å². The van der Waals surface area contributed by atoms with Crippen LogP contribution in [0, 0.1) is 11.6 Å². The summed E-state index contributed by atoms with van der Waals surface area (Å²) in [4.78, 5) is 28.7. The number of halogens is 2. The topological polar surface area (TPSA) is 80.3 Å². The molecule has 2 N–H and O–H groups in total. The molecular formula is C21H21F2N3O3. The van der Waals surface area contributed by atoms with Crippen molar-refractivity contribution in [2.75, 3.05) is 11.9 Å². The molecule has 0 atom stereocenters. The minimum Gasteiger partial charge on any atom is -0.472 e. The number of carbonyl (C=O) groups is 2. The number of pyridine rings is 1. The number of hydrogen-bond acceptors (Lipinski definition) is 4. The second kappa shape index (κ2) is 7.42. The molecule has 1 spiro atoms. The molecule has 0 bridgehead atoms. The molecule has 1 fully saturated rings. The minimum atomic E-state index is -0.846. The van der Waals surface area contributed by atoms with E-state index in [9.17, 15) is 18.4 Å². The number of rotatable bonds is 4. The van der Waals surface area contributed by atoms with Crippen LogP contribution in [0.5, 0.6) is 5.88 Å². The van der Waals surface area contributed by atoms with Gasteiger partial charge < -0.3 is 15.4 Å². The summed E-state index contributed by atoms with van der Waals surface area (Å²) in [5.41, 5.74) is 1.31. The third-order valence-corrected chi connectivity index (χ3v) is 5.66. The van der Waals surface area contributed by atoms with Gasteiger partial charge in [-0.05, 0) is 56.4 Å². The first-order valence-corrected chi connectivity index (χ1v) is 9.65. The number of nitrogens with zero attached hydrogens (tertiary/aromatic N) is 1. The van der Waals surface area contributed by atoms with Crippen LogP contribution >= 0.6 is 0 Å². The highest BCUT2D eigenvalue weighted by molar-refractivity contribution is 6.07. The van der Waals surface area contributed by atoms with Crippen LogP contribution < -0.4 is 15.4 Å². The Morgan fingerprint density at radius 1 is 1.31 bits per heavy atom. The number of benzene rings is 1. The van der Waals surface area contributed by atoms with Crippen LogP contribution in [-0.2, 0) is 10.2 Å². The van der Waals surface area contributed by atoms with Crippen molar-refractivity contribution in [3.8, 4) is 5.88 Å². The molecule has 1 aliphatic carbocycles. The Labute approximate surface area is 166 Å². The number of nitrogens with one attached hydrogen (secondary N) is 2. The lowest BCUT2D eigenvalue weighted by molar-refractivity contribution is -0.122. The SMILES string of the molecule is CCNC(=O)c1ccc2c(c1)C1(CCC(Oc3ncc(F)cc3F)CC1)C(=O)N2. The standard InChI is InChI=1S/C21H21F2N3O3/c1-2-24-18(27)12-3-4-17-15(9-12)21(20(28)26-17)7-5-14(6-8-21)29-19-16(23)10-13(22)11-25-19/h3-4,9-11,14H,2,5-8H2,1H3,(H,24,27)(H,26,28). The van der Waals surface area contributed by atoms with Gasteiger partial charge in [0.15, 0.2) is 5.82 Å². The molecule has 8 heteroatoms. The average Bonchev–Trinajstić information content (AvgIpc) is 2.97. The Bertz CT molecular complexity index is 972. The quantitative estimate of drug-likeness (QED) is 0.824. The zero-order valence-electron chi connectivity index (χ0n) is 15.9. The molecule has 0 radical (unpaired) electrons. The monoisotopic (exact) mass is 401 g/mol. The molecule has 4 rings (SSSR count). The maximum atomic E-state index is 13.8. The van der Waals surface area contributed by atoms with Crippen molar-refractivity contribution in [3.05, 3.63) is 53.2 Å². The average molecular weight is 401 g/mol. The van der Waals surface area contributed by atoms with Gasteiger partial charge in [0.2, 0.25) is 5.91 Å². The van der Waals surface area contributed by atoms with Crippen molar-refractivity contribution >= 4 is 17.5 Å². The van der Waals surface area contributed by atoms with Gasteiger partial charge in [-0.1, -0.05) is 0 Å². The van der Waals surface area contributed by atoms with Crippen molar-refractivity contribution in [1.29, 1.82) is 0 Å². The van der Waals surface area contributed by atoms with E-state index in [1.54, 1.807) is 18.2 Å². The van der Waals surface area contributed by atoms with Crippen molar-refractivity contribution in [1.82, 2.24) is 10.3 Å². The molecular weight excluding hydrogens is 380 g/mol. The van der Waals surface area contributed by atoms with Gasteiger partial charge in [-0.25, -0.2) is 13.8 Å². The number of ether oxygens (including phenoxy) is 1. The summed E-state index contributed by atoms with van der Waals surface area (Å²) in [6.45, 7) is 2.36.